The zero-order valence-corrected chi connectivity index (χ0v) is 15.7. The van der Waals surface area contributed by atoms with Crippen molar-refractivity contribution >= 4 is 22.4 Å². The van der Waals surface area contributed by atoms with Gasteiger partial charge in [0.25, 0.3) is 5.56 Å². The minimum atomic E-state index is -0.138. The predicted molar refractivity (Wildman–Crippen MR) is 107 cm³/mol. The molecule has 140 valence electrons. The van der Waals surface area contributed by atoms with E-state index in [0.29, 0.717) is 22.2 Å². The molecule has 0 aliphatic heterocycles. The third kappa shape index (κ3) is 4.31. The largest absolute Gasteiger partial charge is 0.489 e. The van der Waals surface area contributed by atoms with E-state index in [0.717, 1.165) is 43.3 Å². The smallest absolute Gasteiger partial charge is 0.255 e. The normalized spacial score (nSPS) is 19.9. The van der Waals surface area contributed by atoms with Gasteiger partial charge in [-0.2, -0.15) is 0 Å². The molecule has 6 heteroatoms. The number of halogens is 1. The summed E-state index contributed by atoms with van der Waals surface area (Å²) in [5, 5.41) is 5.48. The van der Waals surface area contributed by atoms with E-state index in [4.69, 9.17) is 16.3 Å². The van der Waals surface area contributed by atoms with Crippen LogP contribution in [0, 0.1) is 0 Å². The number of pyridine rings is 2. The minimum Gasteiger partial charge on any atom is -0.489 e. The van der Waals surface area contributed by atoms with Gasteiger partial charge in [-0.3, -0.25) is 9.78 Å². The Bertz CT molecular complexity index is 966. The molecule has 1 aliphatic carbocycles. The Morgan fingerprint density at radius 1 is 1.19 bits per heavy atom. The SMILES string of the molecule is O=c1[nH]ccc2cc(OC3CCC(NCc4ccccn4)CC3)c(Cl)cc12. The Balaban J connectivity index is 1.34. The molecular formula is C21H22ClN3O2. The fourth-order valence-electron chi connectivity index (χ4n) is 3.59. The maximum absolute atomic E-state index is 11.9. The summed E-state index contributed by atoms with van der Waals surface area (Å²) < 4.78 is 6.16. The summed E-state index contributed by atoms with van der Waals surface area (Å²) in [7, 11) is 0. The topological polar surface area (TPSA) is 67.0 Å². The molecule has 0 bridgehead atoms. The zero-order valence-electron chi connectivity index (χ0n) is 15.0. The van der Waals surface area contributed by atoms with E-state index in [1.54, 1.807) is 12.3 Å². The highest BCUT2D eigenvalue weighted by Crippen LogP contribution is 2.32. The van der Waals surface area contributed by atoms with Crippen LogP contribution in [0.2, 0.25) is 5.02 Å². The Labute approximate surface area is 162 Å². The van der Waals surface area contributed by atoms with E-state index in [9.17, 15) is 4.79 Å². The summed E-state index contributed by atoms with van der Waals surface area (Å²) in [5.41, 5.74) is 0.925. The van der Waals surface area contributed by atoms with Gasteiger partial charge < -0.3 is 15.0 Å². The summed E-state index contributed by atoms with van der Waals surface area (Å²) in [6.07, 6.45) is 7.68. The molecule has 27 heavy (non-hydrogen) atoms. The fourth-order valence-corrected chi connectivity index (χ4v) is 3.80. The van der Waals surface area contributed by atoms with Crippen molar-refractivity contribution in [3.63, 3.8) is 0 Å². The van der Waals surface area contributed by atoms with Gasteiger partial charge >= 0.3 is 0 Å². The molecule has 0 unspecified atom stereocenters. The van der Waals surface area contributed by atoms with Crippen LogP contribution in [0.15, 0.2) is 53.6 Å². The molecule has 2 aromatic heterocycles. The van der Waals surface area contributed by atoms with Crippen molar-refractivity contribution in [1.29, 1.82) is 0 Å². The van der Waals surface area contributed by atoms with Gasteiger partial charge in [0.05, 0.1) is 16.8 Å². The quantitative estimate of drug-likeness (QED) is 0.697. The van der Waals surface area contributed by atoms with E-state index in [1.165, 1.54) is 0 Å². The van der Waals surface area contributed by atoms with Crippen LogP contribution >= 0.6 is 11.6 Å². The maximum atomic E-state index is 11.9. The lowest BCUT2D eigenvalue weighted by molar-refractivity contribution is 0.139. The molecule has 0 amide bonds. The summed E-state index contributed by atoms with van der Waals surface area (Å²) in [6.45, 7) is 0.794. The minimum absolute atomic E-state index is 0.138. The molecule has 1 saturated carbocycles. The third-order valence-electron chi connectivity index (χ3n) is 5.09. The number of nitrogens with zero attached hydrogens (tertiary/aromatic N) is 1. The predicted octanol–water partition coefficient (Wildman–Crippen LogP) is 4.06. The van der Waals surface area contributed by atoms with Gasteiger partial charge in [0, 0.05) is 30.4 Å². The monoisotopic (exact) mass is 383 g/mol. The number of fused-ring (bicyclic) bond motifs is 1. The molecule has 2 heterocycles. The van der Waals surface area contributed by atoms with Gasteiger partial charge in [0.15, 0.2) is 0 Å². The number of hydrogen-bond acceptors (Lipinski definition) is 4. The number of rotatable bonds is 5. The lowest BCUT2D eigenvalue weighted by Gasteiger charge is -2.30. The molecular weight excluding hydrogens is 362 g/mol. The molecule has 0 spiro atoms. The first kappa shape index (κ1) is 18.0. The highest BCUT2D eigenvalue weighted by atomic mass is 35.5. The van der Waals surface area contributed by atoms with E-state index in [-0.39, 0.29) is 11.7 Å². The molecule has 1 aliphatic rings. The number of aromatic amines is 1. The summed E-state index contributed by atoms with van der Waals surface area (Å²) >= 11 is 6.34. The molecule has 0 atom stereocenters. The number of ether oxygens (including phenoxy) is 1. The number of nitrogens with one attached hydrogen (secondary N) is 2. The fraction of sp³-hybridized carbons (Fsp3) is 0.333. The number of hydrogen-bond donors (Lipinski definition) is 2. The highest BCUT2D eigenvalue weighted by Gasteiger charge is 2.23. The van der Waals surface area contributed by atoms with Crippen molar-refractivity contribution in [2.24, 2.45) is 0 Å². The van der Waals surface area contributed by atoms with Gasteiger partial charge in [-0.05, 0) is 61.4 Å². The first-order valence-electron chi connectivity index (χ1n) is 9.30. The molecule has 0 radical (unpaired) electrons. The molecule has 0 saturated heterocycles. The molecule has 3 aromatic rings. The average molecular weight is 384 g/mol. The number of aromatic nitrogens is 2. The lowest BCUT2D eigenvalue weighted by atomic mass is 9.93. The summed E-state index contributed by atoms with van der Waals surface area (Å²) in [6, 6.07) is 11.9. The van der Waals surface area contributed by atoms with Crippen molar-refractivity contribution < 1.29 is 4.74 Å². The first-order valence-corrected chi connectivity index (χ1v) is 9.68. The van der Waals surface area contributed by atoms with Crippen LogP contribution in [0.1, 0.15) is 31.4 Å². The molecule has 2 N–H and O–H groups in total. The van der Waals surface area contributed by atoms with Gasteiger partial charge in [0.1, 0.15) is 5.75 Å². The van der Waals surface area contributed by atoms with Gasteiger partial charge in [0.2, 0.25) is 0 Å². The Morgan fingerprint density at radius 2 is 2.04 bits per heavy atom. The van der Waals surface area contributed by atoms with Crippen molar-refractivity contribution in [3.05, 3.63) is 69.9 Å². The van der Waals surface area contributed by atoms with Gasteiger partial charge in [-0.1, -0.05) is 17.7 Å². The summed E-state index contributed by atoms with van der Waals surface area (Å²) in [4.78, 5) is 18.9. The zero-order chi connectivity index (χ0) is 18.6. The molecule has 5 nitrogen and oxygen atoms in total. The van der Waals surface area contributed by atoms with E-state index >= 15 is 0 Å². The van der Waals surface area contributed by atoms with Crippen LogP contribution in [0.5, 0.6) is 5.75 Å². The summed E-state index contributed by atoms with van der Waals surface area (Å²) in [5.74, 6) is 0.652. The van der Waals surface area contributed by atoms with Crippen LogP contribution in [0.3, 0.4) is 0 Å². The van der Waals surface area contributed by atoms with Crippen LogP contribution in [-0.4, -0.2) is 22.1 Å². The first-order chi connectivity index (χ1) is 13.2. The van der Waals surface area contributed by atoms with Crippen LogP contribution in [-0.2, 0) is 6.54 Å². The second-order valence-electron chi connectivity index (χ2n) is 6.97. The van der Waals surface area contributed by atoms with Crippen molar-refractivity contribution in [2.75, 3.05) is 0 Å². The Morgan fingerprint density at radius 3 is 2.81 bits per heavy atom. The molecule has 1 fully saturated rings. The average Bonchev–Trinajstić information content (AvgIpc) is 2.70. The van der Waals surface area contributed by atoms with E-state index in [2.05, 4.69) is 15.3 Å². The van der Waals surface area contributed by atoms with Crippen LogP contribution < -0.4 is 15.6 Å². The van der Waals surface area contributed by atoms with Gasteiger partial charge in [-0.25, -0.2) is 0 Å². The Kier molecular flexibility index (Phi) is 5.41. The van der Waals surface area contributed by atoms with E-state index in [1.807, 2.05) is 36.5 Å². The van der Waals surface area contributed by atoms with Crippen LogP contribution in [0.25, 0.3) is 10.8 Å². The second-order valence-corrected chi connectivity index (χ2v) is 7.38. The molecule has 4 rings (SSSR count). The van der Waals surface area contributed by atoms with Crippen molar-refractivity contribution in [3.8, 4) is 5.75 Å². The Hall–Kier alpha value is -2.37. The third-order valence-corrected chi connectivity index (χ3v) is 5.39. The van der Waals surface area contributed by atoms with E-state index < -0.39 is 0 Å². The lowest BCUT2D eigenvalue weighted by Crippen LogP contribution is -2.36. The van der Waals surface area contributed by atoms with Gasteiger partial charge in [-0.15, -0.1) is 0 Å². The van der Waals surface area contributed by atoms with Crippen molar-refractivity contribution in [1.82, 2.24) is 15.3 Å². The highest BCUT2D eigenvalue weighted by molar-refractivity contribution is 6.32. The number of H-pyrrole nitrogens is 1. The maximum Gasteiger partial charge on any atom is 0.255 e. The van der Waals surface area contributed by atoms with Crippen molar-refractivity contribution in [2.45, 2.75) is 44.4 Å². The second kappa shape index (κ2) is 8.11. The van der Waals surface area contributed by atoms with Crippen LogP contribution in [0.4, 0.5) is 0 Å². The standard InChI is InChI=1S/C21H22ClN3O2/c22-19-12-18-14(8-10-24-21(18)26)11-20(19)27-17-6-4-15(5-7-17)25-13-16-3-1-2-9-23-16/h1-3,8-12,15,17,25H,4-7,13H2,(H,24,26). The number of benzene rings is 1. The molecule has 1 aromatic carbocycles.